The van der Waals surface area contributed by atoms with Crippen LogP contribution in [0.3, 0.4) is 0 Å². The second kappa shape index (κ2) is 8.46. The first kappa shape index (κ1) is 17.2. The van der Waals surface area contributed by atoms with Gasteiger partial charge in [-0.2, -0.15) is 0 Å². The summed E-state index contributed by atoms with van der Waals surface area (Å²) in [6.07, 6.45) is 4.11. The molecule has 1 aromatic rings. The molecule has 0 saturated heterocycles. The third-order valence-electron chi connectivity index (χ3n) is 2.48. The van der Waals surface area contributed by atoms with Crippen LogP contribution in [0.15, 0.2) is 11.1 Å². The van der Waals surface area contributed by atoms with Crippen molar-refractivity contribution in [1.82, 2.24) is 9.97 Å². The van der Waals surface area contributed by atoms with E-state index < -0.39 is 9.84 Å². The van der Waals surface area contributed by atoms with Crippen LogP contribution in [-0.2, 0) is 16.3 Å². The maximum Gasteiger partial charge on any atom is 0.148 e. The Morgan fingerprint density at radius 3 is 2.60 bits per heavy atom. The quantitative estimate of drug-likeness (QED) is 0.557. The van der Waals surface area contributed by atoms with Gasteiger partial charge in [-0.1, -0.05) is 13.8 Å². The molecule has 0 radical (unpaired) electrons. The van der Waals surface area contributed by atoms with Crippen LogP contribution in [0, 0.1) is 0 Å². The number of nitrogens with zero attached hydrogens (tertiary/aromatic N) is 2. The SMILES string of the molecule is CCCNc1cc(SCCS(C)(=O)=O)nc(CCC)n1. The number of aryl methyl sites for hydroxylation is 1. The first-order valence-electron chi connectivity index (χ1n) is 6.87. The highest BCUT2D eigenvalue weighted by Crippen LogP contribution is 2.19. The summed E-state index contributed by atoms with van der Waals surface area (Å²) in [4.78, 5) is 8.93. The van der Waals surface area contributed by atoms with E-state index in [1.165, 1.54) is 18.0 Å². The van der Waals surface area contributed by atoms with Crippen LogP contribution in [0.5, 0.6) is 0 Å². The summed E-state index contributed by atoms with van der Waals surface area (Å²) in [6.45, 7) is 5.06. The van der Waals surface area contributed by atoms with E-state index >= 15 is 0 Å². The highest BCUT2D eigenvalue weighted by Gasteiger charge is 2.07. The predicted molar refractivity (Wildman–Crippen MR) is 85.2 cm³/mol. The Hall–Kier alpha value is -0.820. The summed E-state index contributed by atoms with van der Waals surface area (Å²) in [7, 11) is -2.92. The van der Waals surface area contributed by atoms with E-state index in [0.29, 0.717) is 5.75 Å². The fraction of sp³-hybridized carbons (Fsp3) is 0.692. The molecule has 1 rings (SSSR count). The van der Waals surface area contributed by atoms with E-state index in [-0.39, 0.29) is 5.75 Å². The number of anilines is 1. The number of nitrogens with one attached hydrogen (secondary N) is 1. The second-order valence-electron chi connectivity index (χ2n) is 4.66. The lowest BCUT2D eigenvalue weighted by atomic mass is 10.3. The van der Waals surface area contributed by atoms with Gasteiger partial charge in [0.25, 0.3) is 0 Å². The Morgan fingerprint density at radius 2 is 2.00 bits per heavy atom. The number of hydrogen-bond donors (Lipinski definition) is 1. The molecule has 0 unspecified atom stereocenters. The molecular weight excluding hydrogens is 294 g/mol. The zero-order chi connectivity index (χ0) is 15.0. The molecule has 0 atom stereocenters. The molecule has 1 N–H and O–H groups in total. The van der Waals surface area contributed by atoms with Gasteiger partial charge in [0, 0.05) is 31.0 Å². The van der Waals surface area contributed by atoms with E-state index in [9.17, 15) is 8.42 Å². The topological polar surface area (TPSA) is 72.0 Å². The van der Waals surface area contributed by atoms with Crippen LogP contribution in [0.25, 0.3) is 0 Å². The van der Waals surface area contributed by atoms with Crippen LogP contribution >= 0.6 is 11.8 Å². The molecule has 0 saturated carbocycles. The van der Waals surface area contributed by atoms with Crippen LogP contribution in [0.2, 0.25) is 0 Å². The molecule has 0 fully saturated rings. The van der Waals surface area contributed by atoms with Crippen molar-refractivity contribution in [3.63, 3.8) is 0 Å². The van der Waals surface area contributed by atoms with Gasteiger partial charge in [0.15, 0.2) is 0 Å². The molecule has 0 spiro atoms. The summed E-state index contributed by atoms with van der Waals surface area (Å²) in [5.74, 6) is 2.33. The summed E-state index contributed by atoms with van der Waals surface area (Å²) >= 11 is 1.46. The van der Waals surface area contributed by atoms with Gasteiger partial charge in [0.1, 0.15) is 26.5 Å². The molecule has 0 amide bonds. The van der Waals surface area contributed by atoms with Gasteiger partial charge < -0.3 is 5.32 Å². The fourth-order valence-corrected chi connectivity index (χ4v) is 3.64. The third-order valence-corrected chi connectivity index (χ3v) is 4.60. The molecule has 0 bridgehead atoms. The van der Waals surface area contributed by atoms with Crippen molar-refractivity contribution in [2.45, 2.75) is 38.1 Å². The lowest BCUT2D eigenvalue weighted by Gasteiger charge is -2.08. The molecule has 5 nitrogen and oxygen atoms in total. The maximum atomic E-state index is 11.1. The molecule has 0 aliphatic rings. The molecule has 1 aromatic heterocycles. The Kier molecular flexibility index (Phi) is 7.29. The molecule has 1 heterocycles. The number of hydrogen-bond acceptors (Lipinski definition) is 6. The minimum absolute atomic E-state index is 0.169. The van der Waals surface area contributed by atoms with Gasteiger partial charge in [-0.05, 0) is 12.8 Å². The van der Waals surface area contributed by atoms with Gasteiger partial charge in [-0.15, -0.1) is 11.8 Å². The maximum absolute atomic E-state index is 11.1. The van der Waals surface area contributed by atoms with Crippen LogP contribution in [0.4, 0.5) is 5.82 Å². The van der Waals surface area contributed by atoms with E-state index in [1.54, 1.807) is 0 Å². The summed E-state index contributed by atoms with van der Waals surface area (Å²) in [5.41, 5.74) is 0. The Bertz CT molecular complexity index is 518. The van der Waals surface area contributed by atoms with Gasteiger partial charge in [0.05, 0.1) is 5.75 Å². The normalized spacial score (nSPS) is 11.6. The zero-order valence-electron chi connectivity index (χ0n) is 12.3. The highest BCUT2D eigenvalue weighted by atomic mass is 32.2. The predicted octanol–water partition coefficient (Wildman–Crippen LogP) is 2.39. The number of thioether (sulfide) groups is 1. The molecule has 114 valence electrons. The van der Waals surface area contributed by atoms with E-state index in [1.807, 2.05) is 6.07 Å². The largest absolute Gasteiger partial charge is 0.370 e. The summed E-state index contributed by atoms with van der Waals surface area (Å²) in [5, 5.41) is 4.10. The standard InChI is InChI=1S/C13H23N3O2S2/c1-4-6-11-15-12(14-7-5-2)10-13(16-11)19-8-9-20(3,17)18/h10H,4-9H2,1-3H3,(H,14,15,16). The first-order valence-corrected chi connectivity index (χ1v) is 9.91. The number of rotatable bonds is 9. The highest BCUT2D eigenvalue weighted by molar-refractivity contribution is 8.00. The molecule has 20 heavy (non-hydrogen) atoms. The van der Waals surface area contributed by atoms with Gasteiger partial charge >= 0.3 is 0 Å². The first-order chi connectivity index (χ1) is 9.44. The van der Waals surface area contributed by atoms with Crippen molar-refractivity contribution in [2.24, 2.45) is 0 Å². The molecular formula is C13H23N3O2S2. The Morgan fingerprint density at radius 1 is 1.25 bits per heavy atom. The minimum atomic E-state index is -2.92. The Labute approximate surface area is 125 Å². The Balaban J connectivity index is 2.74. The van der Waals surface area contributed by atoms with E-state index in [0.717, 1.165) is 42.5 Å². The van der Waals surface area contributed by atoms with Crippen molar-refractivity contribution in [1.29, 1.82) is 0 Å². The van der Waals surface area contributed by atoms with E-state index in [4.69, 9.17) is 0 Å². The van der Waals surface area contributed by atoms with Crippen molar-refractivity contribution >= 4 is 27.4 Å². The fourth-order valence-electron chi connectivity index (χ4n) is 1.52. The van der Waals surface area contributed by atoms with E-state index in [2.05, 4.69) is 29.1 Å². The van der Waals surface area contributed by atoms with Gasteiger partial charge in [0.2, 0.25) is 0 Å². The van der Waals surface area contributed by atoms with Gasteiger partial charge in [-0.25, -0.2) is 18.4 Å². The number of sulfone groups is 1. The summed E-state index contributed by atoms with van der Waals surface area (Å²) < 4.78 is 22.3. The molecule has 0 aromatic carbocycles. The minimum Gasteiger partial charge on any atom is -0.370 e. The summed E-state index contributed by atoms with van der Waals surface area (Å²) in [6, 6.07) is 1.89. The average Bonchev–Trinajstić information content (AvgIpc) is 2.35. The van der Waals surface area contributed by atoms with Crippen LogP contribution in [-0.4, -0.2) is 42.7 Å². The zero-order valence-corrected chi connectivity index (χ0v) is 14.0. The van der Waals surface area contributed by atoms with Crippen LogP contribution in [0.1, 0.15) is 32.5 Å². The lowest BCUT2D eigenvalue weighted by Crippen LogP contribution is -2.07. The average molecular weight is 317 g/mol. The van der Waals surface area contributed by atoms with Crippen molar-refractivity contribution in [3.8, 4) is 0 Å². The van der Waals surface area contributed by atoms with Crippen molar-refractivity contribution in [3.05, 3.63) is 11.9 Å². The third kappa shape index (κ3) is 7.09. The van der Waals surface area contributed by atoms with Gasteiger partial charge in [-0.3, -0.25) is 0 Å². The number of aromatic nitrogens is 2. The molecule has 7 heteroatoms. The smallest absolute Gasteiger partial charge is 0.148 e. The van der Waals surface area contributed by atoms with Crippen LogP contribution < -0.4 is 5.32 Å². The monoisotopic (exact) mass is 317 g/mol. The lowest BCUT2D eigenvalue weighted by molar-refractivity contribution is 0.603. The van der Waals surface area contributed by atoms with Crippen molar-refractivity contribution < 1.29 is 8.42 Å². The second-order valence-corrected chi connectivity index (χ2v) is 8.04. The molecule has 0 aliphatic heterocycles. The van der Waals surface area contributed by atoms with Crippen molar-refractivity contribution in [2.75, 3.05) is 29.6 Å². The molecule has 0 aliphatic carbocycles.